The fourth-order valence-electron chi connectivity index (χ4n) is 5.30. The van der Waals surface area contributed by atoms with Crippen molar-refractivity contribution in [1.82, 2.24) is 19.7 Å². The lowest BCUT2D eigenvalue weighted by Crippen LogP contribution is -2.36. The lowest BCUT2D eigenvalue weighted by molar-refractivity contribution is 0.123. The van der Waals surface area contributed by atoms with E-state index in [0.29, 0.717) is 6.04 Å². The van der Waals surface area contributed by atoms with Crippen molar-refractivity contribution in [2.45, 2.75) is 25.4 Å². The second-order valence-corrected chi connectivity index (χ2v) is 9.57. The van der Waals surface area contributed by atoms with Gasteiger partial charge < -0.3 is 15.4 Å². The van der Waals surface area contributed by atoms with E-state index in [4.69, 9.17) is 20.6 Å². The van der Waals surface area contributed by atoms with Crippen LogP contribution in [0.2, 0.25) is 0 Å². The Bertz CT molecular complexity index is 1270. The Labute approximate surface area is 206 Å². The number of rotatable bonds is 5. The van der Waals surface area contributed by atoms with Gasteiger partial charge in [0.2, 0.25) is 0 Å². The molecule has 6 rings (SSSR count). The van der Waals surface area contributed by atoms with Crippen LogP contribution in [0.1, 0.15) is 24.4 Å². The molecule has 180 valence electrons. The molecule has 2 aromatic carbocycles. The van der Waals surface area contributed by atoms with E-state index in [1.165, 1.54) is 11.3 Å². The molecule has 2 aliphatic heterocycles. The molecule has 4 heterocycles. The van der Waals surface area contributed by atoms with Gasteiger partial charge in [-0.15, -0.1) is 0 Å². The fraction of sp³-hybridized carbons (Fsp3) is 0.357. The van der Waals surface area contributed by atoms with Crippen LogP contribution in [0, 0.1) is 0 Å². The van der Waals surface area contributed by atoms with Gasteiger partial charge in [-0.2, -0.15) is 5.10 Å². The van der Waals surface area contributed by atoms with Gasteiger partial charge in [0.15, 0.2) is 5.65 Å². The van der Waals surface area contributed by atoms with E-state index in [1.54, 1.807) is 0 Å². The number of ether oxygens (including phenoxy) is 1. The molecule has 2 N–H and O–H groups in total. The number of piperidine rings is 1. The summed E-state index contributed by atoms with van der Waals surface area (Å²) in [6.07, 6.45) is 4.16. The first-order valence-corrected chi connectivity index (χ1v) is 12.6. The number of pyridine rings is 1. The highest BCUT2D eigenvalue weighted by molar-refractivity contribution is 5.92. The van der Waals surface area contributed by atoms with Gasteiger partial charge in [-0.1, -0.05) is 42.5 Å². The number of aromatic nitrogens is 3. The molecular weight excluding hydrogens is 436 g/mol. The maximum atomic E-state index is 5.95. The Morgan fingerprint density at radius 1 is 0.914 bits per heavy atom. The van der Waals surface area contributed by atoms with Crippen molar-refractivity contribution in [2.24, 2.45) is 0 Å². The quantitative estimate of drug-likeness (QED) is 0.439. The second kappa shape index (κ2) is 9.68. The number of anilines is 2. The zero-order chi connectivity index (χ0) is 23.6. The molecule has 2 fully saturated rings. The van der Waals surface area contributed by atoms with Gasteiger partial charge in [0.05, 0.1) is 42.2 Å². The third-order valence-corrected chi connectivity index (χ3v) is 7.26. The third-order valence-electron chi connectivity index (χ3n) is 7.26. The molecule has 0 aliphatic carbocycles. The normalized spacial score (nSPS) is 17.8. The lowest BCUT2D eigenvalue weighted by Gasteiger charge is -2.32. The van der Waals surface area contributed by atoms with Gasteiger partial charge in [0, 0.05) is 44.0 Å². The Morgan fingerprint density at radius 2 is 1.66 bits per heavy atom. The summed E-state index contributed by atoms with van der Waals surface area (Å²) < 4.78 is 7.80. The van der Waals surface area contributed by atoms with Gasteiger partial charge in [-0.3, -0.25) is 4.90 Å². The van der Waals surface area contributed by atoms with Crippen LogP contribution < -0.4 is 10.6 Å². The minimum Gasteiger partial charge on any atom is -0.399 e. The monoisotopic (exact) mass is 468 g/mol. The summed E-state index contributed by atoms with van der Waals surface area (Å²) in [4.78, 5) is 10.1. The molecule has 0 bridgehead atoms. The Kier molecular flexibility index (Phi) is 6.10. The summed E-state index contributed by atoms with van der Waals surface area (Å²) in [5.74, 6) is 0. The number of nitrogens with two attached hydrogens (primary N) is 1. The van der Waals surface area contributed by atoms with Crippen LogP contribution in [0.4, 0.5) is 11.4 Å². The summed E-state index contributed by atoms with van der Waals surface area (Å²) >= 11 is 0. The van der Waals surface area contributed by atoms with Crippen LogP contribution in [0.3, 0.4) is 0 Å². The van der Waals surface area contributed by atoms with E-state index >= 15 is 0 Å². The van der Waals surface area contributed by atoms with E-state index in [1.807, 2.05) is 18.3 Å². The standard InChI is InChI=1S/C28H32N6O/c29-23-8-6-22(7-9-23)26-18-27(33-14-16-35-17-15-33)25-19-30-34(28(25)31-26)24-10-12-32(13-11-24)20-21-4-2-1-3-5-21/h1-9,18-19,24H,10-17,20,29H2. The molecule has 0 spiro atoms. The molecule has 0 amide bonds. The Balaban J connectivity index is 1.31. The summed E-state index contributed by atoms with van der Waals surface area (Å²) in [6, 6.07) is 21.3. The van der Waals surface area contributed by atoms with Crippen molar-refractivity contribution in [1.29, 1.82) is 0 Å². The zero-order valence-corrected chi connectivity index (χ0v) is 20.0. The first-order chi connectivity index (χ1) is 17.2. The number of nitrogen functional groups attached to an aromatic ring is 1. The van der Waals surface area contributed by atoms with Crippen LogP contribution in [-0.2, 0) is 11.3 Å². The average Bonchev–Trinajstić information content (AvgIpc) is 3.34. The molecule has 0 unspecified atom stereocenters. The van der Waals surface area contributed by atoms with Gasteiger partial charge in [0.25, 0.3) is 0 Å². The summed E-state index contributed by atoms with van der Waals surface area (Å²) in [7, 11) is 0. The maximum absolute atomic E-state index is 5.95. The smallest absolute Gasteiger partial charge is 0.160 e. The molecule has 7 heteroatoms. The number of morpholine rings is 1. The number of hydrogen-bond donors (Lipinski definition) is 1. The summed E-state index contributed by atoms with van der Waals surface area (Å²) in [5, 5.41) is 6.01. The predicted octanol–water partition coefficient (Wildman–Crippen LogP) is 4.35. The second-order valence-electron chi connectivity index (χ2n) is 9.57. The van der Waals surface area contributed by atoms with Gasteiger partial charge in [0.1, 0.15) is 0 Å². The average molecular weight is 469 g/mol. The van der Waals surface area contributed by atoms with Crippen LogP contribution in [0.25, 0.3) is 22.3 Å². The molecule has 0 radical (unpaired) electrons. The van der Waals surface area contributed by atoms with Crippen molar-refractivity contribution < 1.29 is 4.74 Å². The number of nitrogens with zero attached hydrogens (tertiary/aromatic N) is 5. The molecule has 0 atom stereocenters. The molecule has 35 heavy (non-hydrogen) atoms. The molecule has 0 saturated carbocycles. The maximum Gasteiger partial charge on any atom is 0.160 e. The van der Waals surface area contributed by atoms with Crippen LogP contribution in [0.5, 0.6) is 0 Å². The molecule has 4 aromatic rings. The van der Waals surface area contributed by atoms with Crippen LogP contribution in [-0.4, -0.2) is 59.1 Å². The van der Waals surface area contributed by atoms with Crippen molar-refractivity contribution in [3.63, 3.8) is 0 Å². The highest BCUT2D eigenvalue weighted by Crippen LogP contribution is 2.34. The SMILES string of the molecule is Nc1ccc(-c2cc(N3CCOCC3)c3cnn(C4CCN(Cc5ccccc5)CC4)c3n2)cc1. The fourth-order valence-corrected chi connectivity index (χ4v) is 5.30. The van der Waals surface area contributed by atoms with Crippen molar-refractivity contribution in [3.05, 3.63) is 72.4 Å². The minimum atomic E-state index is 0.353. The van der Waals surface area contributed by atoms with Crippen LogP contribution >= 0.6 is 0 Å². The number of fused-ring (bicyclic) bond motifs is 1. The first-order valence-electron chi connectivity index (χ1n) is 12.6. The van der Waals surface area contributed by atoms with E-state index in [0.717, 1.165) is 86.8 Å². The highest BCUT2D eigenvalue weighted by atomic mass is 16.5. The molecule has 2 aliphatic rings. The molecule has 2 saturated heterocycles. The van der Waals surface area contributed by atoms with Gasteiger partial charge in [-0.05, 0) is 36.6 Å². The number of benzene rings is 2. The summed E-state index contributed by atoms with van der Waals surface area (Å²) in [6.45, 7) is 6.38. The van der Waals surface area contributed by atoms with Crippen molar-refractivity contribution in [3.8, 4) is 11.3 Å². The lowest BCUT2D eigenvalue weighted by atomic mass is 10.0. The minimum absolute atomic E-state index is 0.353. The first kappa shape index (κ1) is 22.1. The van der Waals surface area contributed by atoms with Crippen molar-refractivity contribution in [2.75, 3.05) is 50.0 Å². The third kappa shape index (κ3) is 4.61. The van der Waals surface area contributed by atoms with Crippen LogP contribution in [0.15, 0.2) is 66.9 Å². The summed E-state index contributed by atoms with van der Waals surface area (Å²) in [5.41, 5.74) is 12.3. The zero-order valence-electron chi connectivity index (χ0n) is 20.0. The number of hydrogen-bond acceptors (Lipinski definition) is 6. The topological polar surface area (TPSA) is 72.4 Å². The van der Waals surface area contributed by atoms with E-state index in [-0.39, 0.29) is 0 Å². The Hall–Kier alpha value is -3.42. The van der Waals surface area contributed by atoms with Crippen molar-refractivity contribution >= 4 is 22.4 Å². The predicted molar refractivity (Wildman–Crippen MR) is 140 cm³/mol. The number of likely N-dealkylation sites (tertiary alicyclic amines) is 1. The van der Waals surface area contributed by atoms with Gasteiger partial charge >= 0.3 is 0 Å². The van der Waals surface area contributed by atoms with E-state index in [2.05, 4.69) is 63.0 Å². The van der Waals surface area contributed by atoms with E-state index < -0.39 is 0 Å². The highest BCUT2D eigenvalue weighted by Gasteiger charge is 2.25. The van der Waals surface area contributed by atoms with Gasteiger partial charge in [-0.25, -0.2) is 9.67 Å². The Morgan fingerprint density at radius 3 is 2.40 bits per heavy atom. The molecule has 7 nitrogen and oxygen atoms in total. The molecule has 2 aromatic heterocycles. The largest absolute Gasteiger partial charge is 0.399 e. The van der Waals surface area contributed by atoms with E-state index in [9.17, 15) is 0 Å². The molecular formula is C28H32N6O.